The van der Waals surface area contributed by atoms with Crippen LogP contribution in [0.5, 0.6) is 0 Å². The van der Waals surface area contributed by atoms with E-state index in [2.05, 4.69) is 6.58 Å². The molecule has 0 aliphatic carbocycles. The molecule has 0 rings (SSSR count). The summed E-state index contributed by atoms with van der Waals surface area (Å²) < 4.78 is 12.9. The molecule has 0 aromatic rings. The molecule has 0 aromatic heterocycles. The van der Waals surface area contributed by atoms with Gasteiger partial charge in [0.15, 0.2) is 0 Å². The van der Waals surface area contributed by atoms with Gasteiger partial charge in [-0.2, -0.15) is 4.39 Å². The fourth-order valence-electron chi connectivity index (χ4n) is 0.493. The van der Waals surface area contributed by atoms with Crippen LogP contribution in [0.1, 0.15) is 6.92 Å². The Hall–Kier alpha value is -1.16. The zero-order valence-electron chi connectivity index (χ0n) is 6.38. The van der Waals surface area contributed by atoms with Gasteiger partial charge in [0.2, 0.25) is 5.83 Å². The van der Waals surface area contributed by atoms with Crippen LogP contribution in [-0.2, 0) is 0 Å². The van der Waals surface area contributed by atoms with E-state index >= 15 is 0 Å². The Morgan fingerprint density at radius 3 is 2.50 bits per heavy atom. The molecule has 0 saturated carbocycles. The summed E-state index contributed by atoms with van der Waals surface area (Å²) in [6, 6.07) is 0. The van der Waals surface area contributed by atoms with Gasteiger partial charge in [0, 0.05) is 6.08 Å². The molecule has 0 N–H and O–H groups in total. The van der Waals surface area contributed by atoms with Crippen molar-refractivity contribution in [1.82, 2.24) is 0 Å². The van der Waals surface area contributed by atoms with E-state index in [4.69, 9.17) is 11.6 Å². The van der Waals surface area contributed by atoms with Crippen molar-refractivity contribution in [3.05, 3.63) is 45.4 Å². The molecule has 3 nitrogen and oxygen atoms in total. The van der Waals surface area contributed by atoms with Crippen LogP contribution in [0.4, 0.5) is 4.39 Å². The highest BCUT2D eigenvalue weighted by molar-refractivity contribution is 6.31. The van der Waals surface area contributed by atoms with Crippen molar-refractivity contribution in [3.63, 3.8) is 0 Å². The van der Waals surface area contributed by atoms with Gasteiger partial charge in [0.1, 0.15) is 0 Å². The Morgan fingerprint density at radius 1 is 1.75 bits per heavy atom. The minimum atomic E-state index is -1.07. The Labute approximate surface area is 74.0 Å². The highest BCUT2D eigenvalue weighted by Gasteiger charge is 2.16. The van der Waals surface area contributed by atoms with E-state index in [0.29, 0.717) is 0 Å². The fourth-order valence-corrected chi connectivity index (χ4v) is 0.590. The van der Waals surface area contributed by atoms with Crippen LogP contribution in [0.15, 0.2) is 35.3 Å². The summed E-state index contributed by atoms with van der Waals surface area (Å²) in [6.45, 7) is 4.57. The Morgan fingerprint density at radius 2 is 2.25 bits per heavy atom. The van der Waals surface area contributed by atoms with Crippen LogP contribution in [0.2, 0.25) is 0 Å². The largest absolute Gasteiger partial charge is 0.305 e. The molecular weight excluding hydrogens is 185 g/mol. The predicted octanol–water partition coefficient (Wildman–Crippen LogP) is 2.77. The molecule has 0 bridgehead atoms. The van der Waals surface area contributed by atoms with E-state index in [1.165, 1.54) is 13.0 Å². The van der Waals surface area contributed by atoms with Crippen LogP contribution in [0.25, 0.3) is 0 Å². The molecule has 0 atom stereocenters. The van der Waals surface area contributed by atoms with Crippen molar-refractivity contribution in [1.29, 1.82) is 0 Å². The molecular formula is C7H7ClFNO2. The highest BCUT2D eigenvalue weighted by atomic mass is 35.5. The first-order valence-corrected chi connectivity index (χ1v) is 3.41. The van der Waals surface area contributed by atoms with Gasteiger partial charge in [-0.15, -0.1) is 0 Å². The molecule has 0 saturated heterocycles. The normalized spacial score (nSPS) is 13.8. The maximum atomic E-state index is 12.9. The lowest BCUT2D eigenvalue weighted by Crippen LogP contribution is -1.98. The van der Waals surface area contributed by atoms with Crippen molar-refractivity contribution in [2.24, 2.45) is 0 Å². The molecule has 0 aromatic carbocycles. The Kier molecular flexibility index (Phi) is 4.21. The zero-order valence-corrected chi connectivity index (χ0v) is 7.14. The average molecular weight is 192 g/mol. The number of rotatable bonds is 3. The third-order valence-corrected chi connectivity index (χ3v) is 1.46. The number of allylic oxidation sites excluding steroid dienone is 4. The second-order valence-electron chi connectivity index (χ2n) is 1.80. The second-order valence-corrected chi connectivity index (χ2v) is 2.20. The lowest BCUT2D eigenvalue weighted by Gasteiger charge is -1.94. The summed E-state index contributed by atoms with van der Waals surface area (Å²) in [7, 11) is 0. The monoisotopic (exact) mass is 191 g/mol. The number of halogens is 2. The second kappa shape index (κ2) is 4.66. The Balaban J connectivity index is 5.12. The molecule has 0 amide bonds. The predicted molar refractivity (Wildman–Crippen MR) is 44.9 cm³/mol. The van der Waals surface area contributed by atoms with Crippen LogP contribution in [0.3, 0.4) is 0 Å². The molecule has 5 heteroatoms. The molecule has 0 aliphatic rings. The molecule has 0 fully saturated rings. The van der Waals surface area contributed by atoms with Gasteiger partial charge in [-0.1, -0.05) is 24.3 Å². The molecule has 0 unspecified atom stereocenters. The number of hydrogen-bond acceptors (Lipinski definition) is 2. The van der Waals surface area contributed by atoms with Gasteiger partial charge in [-0.3, -0.25) is 10.1 Å². The topological polar surface area (TPSA) is 43.1 Å². The minimum absolute atomic E-state index is 0.290. The maximum absolute atomic E-state index is 12.9. The third-order valence-electron chi connectivity index (χ3n) is 1.08. The first-order chi connectivity index (χ1) is 5.54. The van der Waals surface area contributed by atoms with Gasteiger partial charge in [-0.05, 0) is 6.92 Å². The van der Waals surface area contributed by atoms with Crippen molar-refractivity contribution in [2.45, 2.75) is 6.92 Å². The van der Waals surface area contributed by atoms with Crippen molar-refractivity contribution in [3.8, 4) is 0 Å². The number of nitrogens with zero attached hydrogens (tertiary/aromatic N) is 1. The quantitative estimate of drug-likeness (QED) is 0.391. The molecule has 0 radical (unpaired) electrons. The van der Waals surface area contributed by atoms with Gasteiger partial charge >= 0.3 is 5.70 Å². The van der Waals surface area contributed by atoms with Gasteiger partial charge < -0.3 is 0 Å². The van der Waals surface area contributed by atoms with Crippen LogP contribution in [-0.4, -0.2) is 4.92 Å². The number of nitro groups is 1. The molecule has 12 heavy (non-hydrogen) atoms. The van der Waals surface area contributed by atoms with E-state index in [-0.39, 0.29) is 5.03 Å². The van der Waals surface area contributed by atoms with Gasteiger partial charge in [0.05, 0.1) is 9.96 Å². The van der Waals surface area contributed by atoms with E-state index in [1.54, 1.807) is 0 Å². The SMILES string of the molecule is C=C/C(=C(F)\C(Cl)=C/C)[N+](=O)[O-]. The summed E-state index contributed by atoms with van der Waals surface area (Å²) in [6.07, 6.45) is 2.03. The Bertz CT molecular complexity index is 271. The first-order valence-electron chi connectivity index (χ1n) is 3.03. The van der Waals surface area contributed by atoms with E-state index in [1.807, 2.05) is 0 Å². The first kappa shape index (κ1) is 10.8. The van der Waals surface area contributed by atoms with E-state index in [0.717, 1.165) is 6.08 Å². The average Bonchev–Trinajstić information content (AvgIpc) is 2.03. The van der Waals surface area contributed by atoms with Gasteiger partial charge in [-0.25, -0.2) is 0 Å². The summed E-state index contributed by atoms with van der Waals surface area (Å²) in [5.41, 5.74) is -0.724. The highest BCUT2D eigenvalue weighted by Crippen LogP contribution is 2.20. The van der Waals surface area contributed by atoms with Crippen LogP contribution in [0, 0.1) is 10.1 Å². The smallest absolute Gasteiger partial charge is 0.258 e. The number of hydrogen-bond donors (Lipinski definition) is 0. The van der Waals surface area contributed by atoms with E-state index in [9.17, 15) is 14.5 Å². The fraction of sp³-hybridized carbons (Fsp3) is 0.143. The summed E-state index contributed by atoms with van der Waals surface area (Å²) in [5, 5.41) is 9.85. The van der Waals surface area contributed by atoms with Crippen molar-refractivity contribution >= 4 is 11.6 Å². The van der Waals surface area contributed by atoms with Gasteiger partial charge in [0.25, 0.3) is 0 Å². The van der Waals surface area contributed by atoms with Crippen LogP contribution < -0.4 is 0 Å². The molecule has 0 aliphatic heterocycles. The lowest BCUT2D eigenvalue weighted by atomic mass is 10.3. The summed E-state index contributed by atoms with van der Waals surface area (Å²) in [4.78, 5) is 9.26. The molecule has 0 heterocycles. The van der Waals surface area contributed by atoms with Crippen molar-refractivity contribution in [2.75, 3.05) is 0 Å². The summed E-state index contributed by atoms with van der Waals surface area (Å²) in [5.74, 6) is -1.07. The third kappa shape index (κ3) is 2.47. The minimum Gasteiger partial charge on any atom is -0.258 e. The zero-order chi connectivity index (χ0) is 9.72. The summed E-state index contributed by atoms with van der Waals surface area (Å²) >= 11 is 5.31. The lowest BCUT2D eigenvalue weighted by molar-refractivity contribution is -0.421. The maximum Gasteiger partial charge on any atom is 0.305 e. The molecule has 66 valence electrons. The van der Waals surface area contributed by atoms with E-state index < -0.39 is 16.4 Å². The van der Waals surface area contributed by atoms with Crippen LogP contribution >= 0.6 is 11.6 Å². The standard InChI is InChI=1S/C7H7ClFNO2/c1-3-5(8)7(9)6(4-2)10(11)12/h3-4H,2H2,1H3/b5-3+,7-6-. The molecule has 0 spiro atoms. The van der Waals surface area contributed by atoms with Crippen molar-refractivity contribution < 1.29 is 9.31 Å².